The number of hydrogen-bond donors (Lipinski definition) is 0. The molecule has 0 amide bonds. The van der Waals surface area contributed by atoms with Gasteiger partial charge in [-0.3, -0.25) is 0 Å². The van der Waals surface area contributed by atoms with Crippen molar-refractivity contribution in [3.05, 3.63) is 328 Å². The van der Waals surface area contributed by atoms with Crippen LogP contribution in [0.15, 0.2) is 237 Å². The molecule has 13 heteroatoms. The minimum atomic E-state index is -8.91. The van der Waals surface area contributed by atoms with Crippen LogP contribution in [0.25, 0.3) is 0 Å². The summed E-state index contributed by atoms with van der Waals surface area (Å²) in [5, 5.41) is 0. The van der Waals surface area contributed by atoms with Gasteiger partial charge in [-0.05, 0) is 0 Å². The molecule has 107 heavy (non-hydrogen) atoms. The third kappa shape index (κ3) is 9.27. The van der Waals surface area contributed by atoms with Gasteiger partial charge in [0.25, 0.3) is 0 Å². The van der Waals surface area contributed by atoms with E-state index in [4.69, 9.17) is 0 Å². The van der Waals surface area contributed by atoms with Crippen LogP contribution in [-0.4, -0.2) is 17.6 Å². The van der Waals surface area contributed by atoms with Crippen LogP contribution in [0.3, 0.4) is 0 Å². The maximum absolute atomic E-state index is 17.5. The quantitative estimate of drug-likeness (QED) is 0.122. The molecule has 8 aliphatic carbocycles. The Balaban J connectivity index is 1.26. The van der Waals surface area contributed by atoms with E-state index in [-0.39, 0.29) is 45.9 Å². The van der Waals surface area contributed by atoms with Crippen LogP contribution in [0, 0.1) is 70.2 Å². The minimum absolute atomic E-state index is 0.0177. The van der Waals surface area contributed by atoms with Crippen molar-refractivity contribution in [1.82, 2.24) is 0 Å². The van der Waals surface area contributed by atoms with E-state index >= 15 is 35.1 Å². The molecule has 2 fully saturated rings. The fourth-order valence-corrected chi connectivity index (χ4v) is 195. The second-order valence-corrected chi connectivity index (χ2v) is 92.4. The van der Waals surface area contributed by atoms with Gasteiger partial charge in [0.1, 0.15) is 0 Å². The van der Waals surface area contributed by atoms with E-state index in [0.717, 1.165) is 66.9 Å². The molecule has 0 radical (unpaired) electrons. The Hall–Kier alpha value is -5.96. The van der Waals surface area contributed by atoms with Crippen LogP contribution in [0.2, 0.25) is 24.3 Å². The van der Waals surface area contributed by atoms with Crippen LogP contribution in [0.1, 0.15) is 207 Å². The molecule has 0 aromatic heterocycles. The first-order valence-corrected chi connectivity index (χ1v) is 59.4. The van der Waals surface area contributed by atoms with Gasteiger partial charge in [0, 0.05) is 0 Å². The van der Waals surface area contributed by atoms with Crippen molar-refractivity contribution >= 4 is 34.7 Å². The van der Waals surface area contributed by atoms with Gasteiger partial charge in [-0.25, -0.2) is 0 Å². The number of halogens is 10. The average molecular weight is 1690 g/mol. The van der Waals surface area contributed by atoms with Crippen molar-refractivity contribution < 1.29 is 49.8 Å². The van der Waals surface area contributed by atoms with Gasteiger partial charge in [0.2, 0.25) is 0 Å². The summed E-state index contributed by atoms with van der Waals surface area (Å²) in [6.07, 6.45) is 42.6. The Labute approximate surface area is 639 Å². The van der Waals surface area contributed by atoms with Crippen molar-refractivity contribution in [3.63, 3.8) is 0 Å². The zero-order valence-corrected chi connectivity index (χ0v) is 73.6. The third-order valence-corrected chi connectivity index (χ3v) is 143. The molecule has 2 aliphatic heterocycles. The molecule has 0 N–H and O–H groups in total. The molecule has 4 aromatic carbocycles. The Morgan fingerprint density at radius 3 is 0.626 bits per heavy atom. The molecule has 0 bridgehead atoms. The normalized spacial score (nSPS) is 29.9. The van der Waals surface area contributed by atoms with Gasteiger partial charge in [-0.2, -0.15) is 0 Å². The first kappa shape index (κ1) is 77.8. The van der Waals surface area contributed by atoms with Gasteiger partial charge in [0.15, 0.2) is 0 Å². The molecule has 10 aliphatic rings. The van der Waals surface area contributed by atoms with Crippen LogP contribution in [-0.2, 0) is 36.3 Å². The van der Waals surface area contributed by atoms with Crippen LogP contribution in [0.5, 0.6) is 0 Å². The molecule has 4 aromatic rings. The van der Waals surface area contributed by atoms with Gasteiger partial charge in [-0.15, -0.1) is 0 Å². The third-order valence-electron chi connectivity index (χ3n) is 27.4. The SMILES string of the molecule is CC(C)C1=CC2=C(C=CC=CC2c2cc(F)c(C(C)(C)C)c(F)c2)[C]12[SiH](C)[C]1(C(C(C)C)=CC3=C1C=CC=CC3c1cc(F)c(C(C)(C)C)c(F)c1)[Hf]21([Cl])([Cl])[C]2(C(C(C)C)=CC3=C2C=CC=CC3c2cc(F)c(C(C)(C)C)c(F)c2)[SiH](C)[C]12C(C(C)C)=CC1=C2C=CC=CC1c1cc(F)c(C(C)(C)C)c(F)c1. The Kier molecular flexibility index (Phi) is 18.0. The van der Waals surface area contributed by atoms with Crippen molar-refractivity contribution in [3.8, 4) is 0 Å². The zero-order chi connectivity index (χ0) is 78.1. The van der Waals surface area contributed by atoms with Crippen molar-refractivity contribution in [2.75, 3.05) is 0 Å². The summed E-state index contributed by atoms with van der Waals surface area (Å²) in [6.45, 7) is 44.5. The monoisotopic (exact) mass is 1690 g/mol. The summed E-state index contributed by atoms with van der Waals surface area (Å²) >= 11 is -8.91. The van der Waals surface area contributed by atoms with Gasteiger partial charge < -0.3 is 0 Å². The molecule has 5 spiro atoms. The molecular weight excluding hydrogens is 1590 g/mol. The fourth-order valence-electron chi connectivity index (χ4n) is 25.0. The summed E-state index contributed by atoms with van der Waals surface area (Å²) in [4.78, 5) is 0. The zero-order valence-electron chi connectivity index (χ0n) is 66.2. The van der Waals surface area contributed by atoms with E-state index < -0.39 is 135 Å². The van der Waals surface area contributed by atoms with Crippen molar-refractivity contribution in [2.45, 2.75) is 208 Å². The predicted molar refractivity (Wildman–Crippen MR) is 433 cm³/mol. The topological polar surface area (TPSA) is 0 Å². The number of fused-ring (bicyclic) bond motifs is 8. The summed E-state index contributed by atoms with van der Waals surface area (Å²) < 4.78 is 134. The molecule has 14 rings (SSSR count). The number of benzene rings is 4. The molecule has 8 atom stereocenters. The van der Waals surface area contributed by atoms with E-state index in [0.29, 0.717) is 22.3 Å². The van der Waals surface area contributed by atoms with Crippen LogP contribution in [0.4, 0.5) is 35.1 Å². The number of rotatable bonds is 8. The Morgan fingerprint density at radius 1 is 0.308 bits per heavy atom. The van der Waals surface area contributed by atoms with E-state index in [1.807, 2.05) is 132 Å². The second-order valence-electron chi connectivity index (χ2n) is 38.1. The van der Waals surface area contributed by atoms with Crippen LogP contribution >= 0.6 is 17.2 Å². The summed E-state index contributed by atoms with van der Waals surface area (Å²) in [5.41, 5.74) is 9.08. The molecule has 0 saturated carbocycles. The Bertz CT molecular complexity index is 4450. The summed E-state index contributed by atoms with van der Waals surface area (Å²) in [5.74, 6) is -9.53. The van der Waals surface area contributed by atoms with Crippen LogP contribution < -0.4 is 0 Å². The molecule has 2 saturated heterocycles. The van der Waals surface area contributed by atoms with Gasteiger partial charge >= 0.3 is 644 Å². The molecule has 0 nitrogen and oxygen atoms in total. The second kappa shape index (κ2) is 24.8. The molecular formula is C94H104Cl2F8HfSi2. The van der Waals surface area contributed by atoms with E-state index in [2.05, 4.69) is 141 Å². The Morgan fingerprint density at radius 2 is 0.477 bits per heavy atom. The molecule has 2 heterocycles. The standard InChI is InChI=1S/2C47H52F4Si.2ClH.Hf/c2*1-26(2)34-24-36-30(28-20-38(48)42(39(49)21-28)46(5,6)7)16-12-14-18-32(36)44(34)52(11)45-33-19-15-13-17-31(37(33)25-35(45)27(3)4)29-22-40(50)43(41(51)23-29)47(8,9)10;;;/h2*12-27,30-31,52H,1-11H3;2*1H;/q;;;;+2/p-2. The van der Waals surface area contributed by atoms with Gasteiger partial charge in [0.05, 0.1) is 0 Å². The van der Waals surface area contributed by atoms with E-state index in [1.165, 1.54) is 48.5 Å². The average Bonchev–Trinajstić information content (AvgIpc) is 1.50. The fraction of sp³-hybridized carbons (Fsp3) is 0.404. The first-order chi connectivity index (χ1) is 49.7. The number of hydrogen-bond acceptors (Lipinski definition) is 0. The molecule has 562 valence electrons. The summed E-state index contributed by atoms with van der Waals surface area (Å²) in [7, 11) is 17.1. The molecule has 8 unspecified atom stereocenters. The van der Waals surface area contributed by atoms with Gasteiger partial charge in [-0.1, -0.05) is 0 Å². The predicted octanol–water partition coefficient (Wildman–Crippen LogP) is 27.6. The first-order valence-electron chi connectivity index (χ1n) is 38.7. The van der Waals surface area contributed by atoms with Crippen molar-refractivity contribution in [2.24, 2.45) is 23.7 Å². The number of allylic oxidation sites excluding steroid dienone is 32. The maximum atomic E-state index is 17.5. The summed E-state index contributed by atoms with van der Waals surface area (Å²) in [6, 6.07) is 12.0. The van der Waals surface area contributed by atoms with E-state index in [1.54, 1.807) is 0 Å². The van der Waals surface area contributed by atoms with E-state index in [9.17, 15) is 17.2 Å². The van der Waals surface area contributed by atoms with Crippen molar-refractivity contribution in [1.29, 1.82) is 0 Å².